The first kappa shape index (κ1) is 28.6. The first-order valence-corrected chi connectivity index (χ1v) is 15.9. The molecule has 4 aromatic heterocycles. The van der Waals surface area contributed by atoms with E-state index >= 15 is 0 Å². The molecule has 11 heteroatoms. The number of nitrogens with zero attached hydrogens (tertiary/aromatic N) is 6. The molecule has 0 N–H and O–H groups in total. The van der Waals surface area contributed by atoms with Crippen LogP contribution in [-0.4, -0.2) is 59.3 Å². The maximum Gasteiger partial charge on any atom is 0.410 e. The van der Waals surface area contributed by atoms with Gasteiger partial charge in [-0.25, -0.2) is 19.3 Å². The van der Waals surface area contributed by atoms with Gasteiger partial charge < -0.3 is 14.4 Å². The molecule has 0 unspecified atom stereocenters. The second-order valence-corrected chi connectivity index (χ2v) is 13.8. The maximum absolute atomic E-state index is 13.3. The van der Waals surface area contributed by atoms with Crippen LogP contribution in [0.2, 0.25) is 0 Å². The number of thiazole rings is 1. The lowest BCUT2D eigenvalue weighted by Gasteiger charge is -2.40. The van der Waals surface area contributed by atoms with Gasteiger partial charge in [-0.15, -0.1) is 11.3 Å². The molecule has 1 saturated heterocycles. The van der Waals surface area contributed by atoms with Crippen molar-refractivity contribution in [1.29, 1.82) is 0 Å². The molecule has 1 amide bonds. The summed E-state index contributed by atoms with van der Waals surface area (Å²) in [4.78, 5) is 39.4. The van der Waals surface area contributed by atoms with Crippen molar-refractivity contribution < 1.29 is 14.3 Å². The third-order valence-corrected chi connectivity index (χ3v) is 9.30. The Balaban J connectivity index is 1.26. The number of imidazole rings is 1. The van der Waals surface area contributed by atoms with Gasteiger partial charge in [-0.05, 0) is 65.7 Å². The third-order valence-electron chi connectivity index (χ3n) is 8.16. The Labute approximate surface area is 249 Å². The molecule has 1 atom stereocenters. The van der Waals surface area contributed by atoms with Crippen molar-refractivity contribution in [2.45, 2.75) is 103 Å². The molecule has 224 valence electrons. The number of amides is 1. The number of rotatable bonds is 8. The minimum Gasteiger partial charge on any atom is -0.490 e. The van der Waals surface area contributed by atoms with Crippen LogP contribution in [0.3, 0.4) is 0 Å². The van der Waals surface area contributed by atoms with Crippen molar-refractivity contribution in [3.8, 4) is 17.1 Å². The highest BCUT2D eigenvalue weighted by atomic mass is 32.1. The van der Waals surface area contributed by atoms with Crippen molar-refractivity contribution in [1.82, 2.24) is 28.9 Å². The van der Waals surface area contributed by atoms with Gasteiger partial charge in [0.05, 0.1) is 24.2 Å². The zero-order valence-corrected chi connectivity index (χ0v) is 26.0. The lowest BCUT2D eigenvalue weighted by Crippen LogP contribution is -2.49. The number of unbranched alkanes of at least 4 members (excludes halogenated alkanes) is 3. The van der Waals surface area contributed by atoms with Gasteiger partial charge in [-0.1, -0.05) is 26.2 Å². The number of carbonyl (C=O) groups excluding carboxylic acids is 1. The van der Waals surface area contributed by atoms with Crippen LogP contribution >= 0.6 is 11.3 Å². The molecule has 5 heterocycles. The fraction of sp³-hybridized carbons (Fsp3) is 0.581. The smallest absolute Gasteiger partial charge is 0.410 e. The average molecular weight is 593 g/mol. The van der Waals surface area contributed by atoms with Gasteiger partial charge in [0.25, 0.3) is 5.56 Å². The number of carbonyl (C=O) groups is 1. The maximum atomic E-state index is 13.3. The summed E-state index contributed by atoms with van der Waals surface area (Å²) in [7, 11) is 0. The molecule has 42 heavy (non-hydrogen) atoms. The number of hydrogen-bond donors (Lipinski definition) is 0. The molecule has 6 rings (SSSR count). The Morgan fingerprint density at radius 2 is 1.93 bits per heavy atom. The SMILES string of the molecule is CCCCCCOc1cc(-c2cc(=O)n3cc([C@H]4CCN(C(=O)OC(C)(C)C)C5(CC5)C4)sc3n2)nn2cc(C)nc12. The monoisotopic (exact) mass is 592 g/mol. The first-order chi connectivity index (χ1) is 20.0. The molecule has 1 spiro atoms. The molecule has 1 saturated carbocycles. The van der Waals surface area contributed by atoms with Gasteiger partial charge in [0.2, 0.25) is 0 Å². The van der Waals surface area contributed by atoms with Crippen LogP contribution in [0.15, 0.2) is 29.3 Å². The summed E-state index contributed by atoms with van der Waals surface area (Å²) in [6, 6.07) is 3.39. The number of fused-ring (bicyclic) bond motifs is 2. The normalized spacial score (nSPS) is 18.2. The number of ether oxygens (including phenoxy) is 2. The molecule has 0 aromatic carbocycles. The van der Waals surface area contributed by atoms with Crippen LogP contribution in [0.5, 0.6) is 5.75 Å². The highest BCUT2D eigenvalue weighted by molar-refractivity contribution is 7.17. The molecule has 0 bridgehead atoms. The van der Waals surface area contributed by atoms with Crippen LogP contribution in [0.25, 0.3) is 22.0 Å². The molecule has 1 aliphatic heterocycles. The van der Waals surface area contributed by atoms with Crippen molar-refractivity contribution in [2.75, 3.05) is 13.2 Å². The fourth-order valence-corrected chi connectivity index (χ4v) is 7.02. The Hall–Kier alpha value is -3.47. The van der Waals surface area contributed by atoms with E-state index < -0.39 is 5.60 Å². The Kier molecular flexibility index (Phi) is 7.49. The van der Waals surface area contributed by atoms with Crippen LogP contribution in [0.4, 0.5) is 4.79 Å². The molecule has 1 aliphatic carbocycles. The van der Waals surface area contributed by atoms with Gasteiger partial charge in [0.15, 0.2) is 16.4 Å². The van der Waals surface area contributed by atoms with Crippen molar-refractivity contribution >= 4 is 28.0 Å². The summed E-state index contributed by atoms with van der Waals surface area (Å²) in [6.45, 7) is 11.1. The Morgan fingerprint density at radius 3 is 2.67 bits per heavy atom. The van der Waals surface area contributed by atoms with E-state index in [1.54, 1.807) is 26.3 Å². The zero-order chi connectivity index (χ0) is 29.6. The highest BCUT2D eigenvalue weighted by Crippen LogP contribution is 2.53. The van der Waals surface area contributed by atoms with Gasteiger partial charge in [-0.2, -0.15) is 5.10 Å². The summed E-state index contributed by atoms with van der Waals surface area (Å²) >= 11 is 1.55. The molecule has 10 nitrogen and oxygen atoms in total. The molecule has 2 aliphatic rings. The Bertz CT molecular complexity index is 1680. The van der Waals surface area contributed by atoms with E-state index in [2.05, 4.69) is 11.9 Å². The summed E-state index contributed by atoms with van der Waals surface area (Å²) in [6.07, 6.45) is 11.7. The van der Waals surface area contributed by atoms with E-state index in [0.29, 0.717) is 40.9 Å². The van der Waals surface area contributed by atoms with E-state index in [1.807, 2.05) is 51.1 Å². The second kappa shape index (κ2) is 11.0. The largest absolute Gasteiger partial charge is 0.490 e. The van der Waals surface area contributed by atoms with E-state index in [1.165, 1.54) is 12.8 Å². The van der Waals surface area contributed by atoms with Gasteiger partial charge in [0.1, 0.15) is 11.3 Å². The lowest BCUT2D eigenvalue weighted by atomic mass is 9.88. The topological polar surface area (TPSA) is 103 Å². The molecule has 4 aromatic rings. The number of piperidine rings is 1. The van der Waals surface area contributed by atoms with Gasteiger partial charge in [0, 0.05) is 35.3 Å². The van der Waals surface area contributed by atoms with E-state index in [-0.39, 0.29) is 23.1 Å². The summed E-state index contributed by atoms with van der Waals surface area (Å²) in [5.74, 6) is 0.904. The van der Waals surface area contributed by atoms with E-state index in [0.717, 1.165) is 49.1 Å². The number of likely N-dealkylation sites (tertiary alicyclic amines) is 1. The second-order valence-electron chi connectivity index (χ2n) is 12.8. The molecular formula is C31H40N6O4S. The van der Waals surface area contributed by atoms with Crippen molar-refractivity contribution in [2.24, 2.45) is 0 Å². The molecule has 0 radical (unpaired) electrons. The standard InChI is InChI=1S/C31H40N6O4S/c1-6-7-8-9-14-40-24-15-23(34-37-18-20(2)32-27(24)37)22-16-26(38)35-19-25(42-28(35)33-22)21-10-13-36(31(17-21)11-12-31)29(39)41-30(3,4)5/h15-16,18-19,21H,6-14,17H2,1-5H3/t21-/m0/s1. The minimum absolute atomic E-state index is 0.139. The predicted octanol–water partition coefficient (Wildman–Crippen LogP) is 6.38. The first-order valence-electron chi connectivity index (χ1n) is 15.1. The molecule has 2 fully saturated rings. The van der Waals surface area contributed by atoms with Crippen molar-refractivity contribution in [3.05, 3.63) is 45.5 Å². The quantitative estimate of drug-likeness (QED) is 0.219. The van der Waals surface area contributed by atoms with Crippen LogP contribution in [-0.2, 0) is 4.74 Å². The zero-order valence-electron chi connectivity index (χ0n) is 25.2. The van der Waals surface area contributed by atoms with Crippen LogP contribution < -0.4 is 10.3 Å². The lowest BCUT2D eigenvalue weighted by molar-refractivity contribution is 0.00384. The number of aryl methyl sites for hydroxylation is 1. The highest BCUT2D eigenvalue weighted by Gasteiger charge is 2.54. The minimum atomic E-state index is -0.516. The van der Waals surface area contributed by atoms with E-state index in [9.17, 15) is 9.59 Å². The average Bonchev–Trinajstić information content (AvgIpc) is 3.35. The third kappa shape index (κ3) is 5.75. The van der Waals surface area contributed by atoms with Crippen molar-refractivity contribution in [3.63, 3.8) is 0 Å². The van der Waals surface area contributed by atoms with Gasteiger partial charge in [-0.3, -0.25) is 9.20 Å². The van der Waals surface area contributed by atoms with Crippen LogP contribution in [0, 0.1) is 6.92 Å². The van der Waals surface area contributed by atoms with Crippen LogP contribution in [0.1, 0.15) is 95.6 Å². The fourth-order valence-electron chi connectivity index (χ4n) is 5.90. The summed E-state index contributed by atoms with van der Waals surface area (Å²) in [5.41, 5.74) is 1.78. The number of aromatic nitrogens is 5. The predicted molar refractivity (Wildman–Crippen MR) is 163 cm³/mol. The van der Waals surface area contributed by atoms with Gasteiger partial charge >= 0.3 is 6.09 Å². The van der Waals surface area contributed by atoms with E-state index in [4.69, 9.17) is 19.6 Å². The molecular weight excluding hydrogens is 552 g/mol. The number of hydrogen-bond acceptors (Lipinski definition) is 8. The summed E-state index contributed by atoms with van der Waals surface area (Å²) in [5, 5.41) is 4.73. The summed E-state index contributed by atoms with van der Waals surface area (Å²) < 4.78 is 15.2. The Morgan fingerprint density at radius 1 is 1.12 bits per heavy atom.